The smallest absolute Gasteiger partial charge is 0.238 e. The fourth-order valence-electron chi connectivity index (χ4n) is 2.92. The van der Waals surface area contributed by atoms with Crippen molar-refractivity contribution in [3.8, 4) is 5.75 Å². The van der Waals surface area contributed by atoms with Crippen LogP contribution in [-0.4, -0.2) is 40.8 Å². The van der Waals surface area contributed by atoms with E-state index in [9.17, 15) is 9.59 Å². The molecule has 1 aliphatic heterocycles. The molecule has 1 heterocycles. The second kappa shape index (κ2) is 8.93. The number of methoxy groups -OCH3 is 1. The van der Waals surface area contributed by atoms with Gasteiger partial charge in [-0.1, -0.05) is 36.0 Å². The van der Waals surface area contributed by atoms with E-state index in [1.807, 2.05) is 62.4 Å². The van der Waals surface area contributed by atoms with Crippen LogP contribution in [0.3, 0.4) is 0 Å². The van der Waals surface area contributed by atoms with Gasteiger partial charge in [-0.3, -0.25) is 14.5 Å². The molecule has 0 spiro atoms. The van der Waals surface area contributed by atoms with Gasteiger partial charge in [0.05, 0.1) is 7.11 Å². The van der Waals surface area contributed by atoms with Crippen molar-refractivity contribution in [2.75, 3.05) is 19.0 Å². The average molecular weight is 398 g/mol. The minimum Gasteiger partial charge on any atom is -0.494 e. The molecule has 0 radical (unpaired) electrons. The Bertz CT molecular complexity index is 913. The van der Waals surface area contributed by atoms with E-state index in [1.165, 1.54) is 11.8 Å². The van der Waals surface area contributed by atoms with E-state index in [-0.39, 0.29) is 18.2 Å². The lowest BCUT2D eigenvalue weighted by Gasteiger charge is -2.31. The second-order valence-electron chi connectivity index (χ2n) is 6.37. The van der Waals surface area contributed by atoms with Crippen LogP contribution in [0.2, 0.25) is 0 Å². The van der Waals surface area contributed by atoms with Crippen LogP contribution in [0, 0.1) is 6.92 Å². The molecule has 1 saturated heterocycles. The van der Waals surface area contributed by atoms with Crippen LogP contribution in [0.4, 0.5) is 11.4 Å². The van der Waals surface area contributed by atoms with Crippen LogP contribution in [-0.2, 0) is 9.59 Å². The molecule has 0 saturated carbocycles. The lowest BCUT2D eigenvalue weighted by atomic mass is 10.2. The quantitative estimate of drug-likeness (QED) is 0.828. The number of carbonyl (C=O) groups excluding carboxylic acids is 2. The molecule has 146 valence electrons. The third-order valence-electron chi connectivity index (χ3n) is 4.34. The molecule has 2 aromatic carbocycles. The Morgan fingerprint density at radius 2 is 2.07 bits per heavy atom. The minimum absolute atomic E-state index is 0.112. The summed E-state index contributed by atoms with van der Waals surface area (Å²) in [5.41, 5.74) is 2.40. The number of amidine groups is 1. The lowest BCUT2D eigenvalue weighted by Crippen LogP contribution is -2.45. The van der Waals surface area contributed by atoms with Crippen LogP contribution >= 0.6 is 11.8 Å². The summed E-state index contributed by atoms with van der Waals surface area (Å²) in [7, 11) is 1.58. The Morgan fingerprint density at radius 3 is 2.79 bits per heavy atom. The molecule has 1 unspecified atom stereocenters. The topological polar surface area (TPSA) is 71.0 Å². The van der Waals surface area contributed by atoms with Crippen LogP contribution in [0.1, 0.15) is 18.9 Å². The number of hydrogen-bond donors (Lipinski definition) is 1. The van der Waals surface area contributed by atoms with Crippen molar-refractivity contribution in [3.05, 3.63) is 54.1 Å². The Hall–Kier alpha value is -2.80. The van der Waals surface area contributed by atoms with Crippen molar-refractivity contribution >= 4 is 40.1 Å². The first kappa shape index (κ1) is 19.9. The first-order valence-electron chi connectivity index (χ1n) is 9.08. The third-order valence-corrected chi connectivity index (χ3v) is 5.52. The van der Waals surface area contributed by atoms with Crippen molar-refractivity contribution in [1.29, 1.82) is 0 Å². The van der Waals surface area contributed by atoms with Gasteiger partial charge in [0.25, 0.3) is 0 Å². The summed E-state index contributed by atoms with van der Waals surface area (Å²) >= 11 is 1.30. The van der Waals surface area contributed by atoms with Crippen LogP contribution < -0.4 is 10.1 Å². The number of nitrogens with one attached hydrogen (secondary N) is 1. The Labute approximate surface area is 169 Å². The Morgan fingerprint density at radius 1 is 1.29 bits per heavy atom. The van der Waals surface area contributed by atoms with E-state index in [4.69, 9.17) is 4.74 Å². The fourth-order valence-corrected chi connectivity index (χ4v) is 4.08. The number of aryl methyl sites for hydroxylation is 1. The number of hydrogen-bond acceptors (Lipinski definition) is 5. The number of rotatable bonds is 5. The predicted molar refractivity (Wildman–Crippen MR) is 113 cm³/mol. The zero-order valence-corrected chi connectivity index (χ0v) is 17.0. The van der Waals surface area contributed by atoms with Crippen LogP contribution in [0.15, 0.2) is 53.5 Å². The van der Waals surface area contributed by atoms with Gasteiger partial charge in [0.1, 0.15) is 16.7 Å². The van der Waals surface area contributed by atoms with Gasteiger partial charge < -0.3 is 10.1 Å². The van der Waals surface area contributed by atoms with Crippen molar-refractivity contribution in [2.45, 2.75) is 25.5 Å². The molecular weight excluding hydrogens is 374 g/mol. The maximum absolute atomic E-state index is 12.8. The number of nitrogens with zero attached hydrogens (tertiary/aromatic N) is 2. The van der Waals surface area contributed by atoms with E-state index in [0.717, 1.165) is 11.3 Å². The van der Waals surface area contributed by atoms with Gasteiger partial charge in [0, 0.05) is 18.7 Å². The summed E-state index contributed by atoms with van der Waals surface area (Å²) in [4.78, 5) is 31.6. The van der Waals surface area contributed by atoms with Crippen molar-refractivity contribution < 1.29 is 14.3 Å². The number of aliphatic imine (C=N–C) groups is 1. The predicted octanol–water partition coefficient (Wildman–Crippen LogP) is 3.98. The number of benzene rings is 2. The fraction of sp³-hybridized carbons (Fsp3) is 0.286. The summed E-state index contributed by atoms with van der Waals surface area (Å²) in [6, 6.07) is 14.9. The largest absolute Gasteiger partial charge is 0.494 e. The number of anilines is 1. The summed E-state index contributed by atoms with van der Waals surface area (Å²) in [6.45, 7) is 4.35. The van der Waals surface area contributed by atoms with E-state index < -0.39 is 5.25 Å². The van der Waals surface area contributed by atoms with Crippen LogP contribution in [0.25, 0.3) is 0 Å². The summed E-state index contributed by atoms with van der Waals surface area (Å²) < 4.78 is 5.35. The molecule has 6 nitrogen and oxygen atoms in total. The molecule has 0 aromatic heterocycles. The maximum Gasteiger partial charge on any atom is 0.238 e. The first-order valence-corrected chi connectivity index (χ1v) is 9.96. The highest BCUT2D eigenvalue weighted by Crippen LogP contribution is 2.33. The van der Waals surface area contributed by atoms with Gasteiger partial charge in [-0.25, -0.2) is 4.99 Å². The third kappa shape index (κ3) is 4.54. The molecule has 0 aliphatic carbocycles. The Balaban J connectivity index is 1.84. The molecule has 28 heavy (non-hydrogen) atoms. The van der Waals surface area contributed by atoms with E-state index in [2.05, 4.69) is 10.3 Å². The lowest BCUT2D eigenvalue weighted by molar-refractivity contribution is -0.129. The molecule has 7 heteroatoms. The monoisotopic (exact) mass is 397 g/mol. The van der Waals surface area contributed by atoms with E-state index >= 15 is 0 Å². The second-order valence-corrected chi connectivity index (χ2v) is 7.54. The van der Waals surface area contributed by atoms with E-state index in [0.29, 0.717) is 23.1 Å². The normalized spacial score (nSPS) is 18.2. The summed E-state index contributed by atoms with van der Waals surface area (Å²) in [5, 5.41) is 2.87. The van der Waals surface area contributed by atoms with Crippen molar-refractivity contribution in [1.82, 2.24) is 4.90 Å². The minimum atomic E-state index is -0.538. The number of para-hydroxylation sites is 2. The molecule has 2 aromatic rings. The van der Waals surface area contributed by atoms with E-state index in [1.54, 1.807) is 12.0 Å². The zero-order chi connectivity index (χ0) is 20.1. The highest BCUT2D eigenvalue weighted by molar-refractivity contribution is 8.15. The average Bonchev–Trinajstić information content (AvgIpc) is 2.68. The molecule has 0 bridgehead atoms. The highest BCUT2D eigenvalue weighted by Gasteiger charge is 2.35. The molecular formula is C21H23N3O3S. The molecule has 1 aliphatic rings. The molecule has 1 N–H and O–H groups in total. The molecule has 1 atom stereocenters. The number of thioether (sulfide) groups is 1. The van der Waals surface area contributed by atoms with Crippen molar-refractivity contribution in [3.63, 3.8) is 0 Å². The molecule has 2 amide bonds. The summed E-state index contributed by atoms with van der Waals surface area (Å²) in [5.74, 6) is 0.303. The standard InChI is InChI=1S/C21H23N3O3S/c1-4-24-19(25)13-18(20(26)22-15-9-7-8-14(2)12-15)28-21(24)23-16-10-5-6-11-17(16)27-3/h5-12,18H,4,13H2,1-3H3,(H,22,26). The summed E-state index contributed by atoms with van der Waals surface area (Å²) in [6.07, 6.45) is 0.140. The van der Waals surface area contributed by atoms with Gasteiger partial charge in [0.15, 0.2) is 5.17 Å². The zero-order valence-electron chi connectivity index (χ0n) is 16.1. The first-order chi connectivity index (χ1) is 13.5. The highest BCUT2D eigenvalue weighted by atomic mass is 32.2. The van der Waals surface area contributed by atoms with Gasteiger partial charge in [-0.15, -0.1) is 0 Å². The number of ether oxygens (including phenoxy) is 1. The van der Waals surface area contributed by atoms with Crippen LogP contribution in [0.5, 0.6) is 5.75 Å². The Kier molecular flexibility index (Phi) is 6.36. The van der Waals surface area contributed by atoms with Crippen molar-refractivity contribution in [2.24, 2.45) is 4.99 Å². The SMILES string of the molecule is CCN1C(=O)CC(C(=O)Nc2cccc(C)c2)SC1=Nc1ccccc1OC. The molecule has 3 rings (SSSR count). The van der Waals surface area contributed by atoms with Gasteiger partial charge in [-0.2, -0.15) is 0 Å². The maximum atomic E-state index is 12.8. The van der Waals surface area contributed by atoms with Gasteiger partial charge in [-0.05, 0) is 43.7 Å². The van der Waals surface area contributed by atoms with Gasteiger partial charge >= 0.3 is 0 Å². The van der Waals surface area contributed by atoms with Gasteiger partial charge in [0.2, 0.25) is 11.8 Å². The number of carbonyl (C=O) groups is 2. The molecule has 1 fully saturated rings. The number of amides is 2.